The molecule has 1 aromatic carbocycles. The van der Waals surface area contributed by atoms with Crippen molar-refractivity contribution < 1.29 is 30.5 Å². The van der Waals surface area contributed by atoms with Crippen molar-refractivity contribution in [3.05, 3.63) is 47.5 Å². The number of sulfonamides is 1. The molecule has 132 valence electrons. The molecule has 0 aliphatic rings. The lowest BCUT2D eigenvalue weighted by Gasteiger charge is -2.12. The van der Waals surface area contributed by atoms with Gasteiger partial charge in [-0.05, 0) is 31.2 Å². The number of nitrogens with zero attached hydrogens (tertiary/aromatic N) is 2. The molecular weight excluding hydrogens is 366 g/mol. The molecule has 25 heavy (non-hydrogen) atoms. The fraction of sp³-hybridized carbons (Fsp3) is 0.143. The third-order valence-electron chi connectivity index (χ3n) is 3.32. The summed E-state index contributed by atoms with van der Waals surface area (Å²) in [4.78, 5) is 3.49. The van der Waals surface area contributed by atoms with Gasteiger partial charge in [-0.2, -0.15) is 13.2 Å². The van der Waals surface area contributed by atoms with E-state index in [1.807, 2.05) is 4.72 Å². The maximum atomic E-state index is 13.3. The fourth-order valence-electron chi connectivity index (χ4n) is 2.09. The number of pyridine rings is 1. The zero-order valence-electron chi connectivity index (χ0n) is 12.4. The number of rotatable bonds is 3. The summed E-state index contributed by atoms with van der Waals surface area (Å²) in [5.41, 5.74) is -1.48. The first-order valence-corrected chi connectivity index (χ1v) is 8.18. The molecule has 0 fully saturated rings. The van der Waals surface area contributed by atoms with Crippen LogP contribution in [0.25, 0.3) is 11.1 Å². The van der Waals surface area contributed by atoms with Crippen LogP contribution in [0.15, 0.2) is 39.9 Å². The van der Waals surface area contributed by atoms with E-state index in [0.717, 1.165) is 12.3 Å². The Morgan fingerprint density at radius 2 is 1.92 bits per heavy atom. The molecule has 0 bridgehead atoms. The summed E-state index contributed by atoms with van der Waals surface area (Å²) in [7, 11) is -4.25. The monoisotopic (exact) mass is 375 g/mol. The van der Waals surface area contributed by atoms with Crippen molar-refractivity contribution in [2.45, 2.75) is 18.0 Å². The minimum absolute atomic E-state index is 0.123. The number of hydrogen-bond donors (Lipinski definition) is 1. The summed E-state index contributed by atoms with van der Waals surface area (Å²) in [5, 5.41) is 3.98. The van der Waals surface area contributed by atoms with Crippen LogP contribution in [0.3, 0.4) is 0 Å². The highest BCUT2D eigenvalue weighted by molar-refractivity contribution is 7.92. The summed E-state index contributed by atoms with van der Waals surface area (Å²) >= 11 is 0. The predicted octanol–water partition coefficient (Wildman–Crippen LogP) is 3.49. The van der Waals surface area contributed by atoms with Gasteiger partial charge in [0, 0.05) is 5.69 Å². The van der Waals surface area contributed by atoms with E-state index in [1.165, 1.54) is 6.07 Å². The second-order valence-electron chi connectivity index (χ2n) is 5.09. The van der Waals surface area contributed by atoms with E-state index >= 15 is 0 Å². The van der Waals surface area contributed by atoms with Crippen molar-refractivity contribution in [3.8, 4) is 0 Å². The van der Waals surface area contributed by atoms with E-state index < -0.39 is 33.3 Å². The number of hydrogen-bond acceptors (Lipinski definition) is 5. The van der Waals surface area contributed by atoms with Gasteiger partial charge in [0.05, 0.1) is 22.8 Å². The number of fused-ring (bicyclic) bond motifs is 1. The molecule has 2 heterocycles. The molecule has 0 unspecified atom stereocenters. The van der Waals surface area contributed by atoms with Gasteiger partial charge in [0.15, 0.2) is 0 Å². The minimum Gasteiger partial charge on any atom is -0.336 e. The number of nitrogens with one attached hydrogen (secondary N) is 1. The van der Waals surface area contributed by atoms with E-state index in [9.17, 15) is 26.0 Å². The molecule has 0 saturated heterocycles. The Kier molecular flexibility index (Phi) is 3.90. The lowest BCUT2D eigenvalue weighted by molar-refractivity contribution is -0.139. The zero-order chi connectivity index (χ0) is 18.4. The lowest BCUT2D eigenvalue weighted by atomic mass is 10.2. The van der Waals surface area contributed by atoms with Gasteiger partial charge in [-0.3, -0.25) is 4.72 Å². The number of aryl methyl sites for hydroxylation is 1. The SMILES string of the molecule is Cc1noc2ncc(S(=O)(=O)Nc3ccc(F)c(C(F)(F)F)c3)cc12. The molecule has 0 aliphatic carbocycles. The van der Waals surface area contributed by atoms with Crippen LogP contribution >= 0.6 is 0 Å². The Balaban J connectivity index is 1.99. The summed E-state index contributed by atoms with van der Waals surface area (Å²) in [6.07, 6.45) is -3.98. The molecule has 0 radical (unpaired) electrons. The first kappa shape index (κ1) is 17.1. The average molecular weight is 375 g/mol. The fourth-order valence-corrected chi connectivity index (χ4v) is 3.11. The topological polar surface area (TPSA) is 85.1 Å². The number of halogens is 4. The van der Waals surface area contributed by atoms with Gasteiger partial charge >= 0.3 is 6.18 Å². The van der Waals surface area contributed by atoms with Gasteiger partial charge in [0.1, 0.15) is 10.7 Å². The zero-order valence-corrected chi connectivity index (χ0v) is 13.2. The summed E-state index contributed by atoms with van der Waals surface area (Å²) < 4.78 is 83.0. The summed E-state index contributed by atoms with van der Waals surface area (Å²) in [5.74, 6) is -1.50. The van der Waals surface area contributed by atoms with Crippen LogP contribution in [0, 0.1) is 12.7 Å². The second-order valence-corrected chi connectivity index (χ2v) is 6.77. The van der Waals surface area contributed by atoms with Crippen LogP contribution in [0.2, 0.25) is 0 Å². The second kappa shape index (κ2) is 5.69. The van der Waals surface area contributed by atoms with E-state index in [4.69, 9.17) is 4.52 Å². The highest BCUT2D eigenvalue weighted by atomic mass is 32.2. The van der Waals surface area contributed by atoms with Crippen LogP contribution in [0.1, 0.15) is 11.3 Å². The van der Waals surface area contributed by atoms with E-state index in [1.54, 1.807) is 6.92 Å². The quantitative estimate of drug-likeness (QED) is 0.709. The van der Waals surface area contributed by atoms with Gasteiger partial charge < -0.3 is 4.52 Å². The van der Waals surface area contributed by atoms with E-state index in [0.29, 0.717) is 23.2 Å². The average Bonchev–Trinajstić information content (AvgIpc) is 2.89. The van der Waals surface area contributed by atoms with Gasteiger partial charge in [-0.15, -0.1) is 0 Å². The maximum absolute atomic E-state index is 13.3. The molecule has 11 heteroatoms. The molecule has 3 aromatic rings. The summed E-state index contributed by atoms with van der Waals surface area (Å²) in [6.45, 7) is 1.58. The highest BCUT2D eigenvalue weighted by Crippen LogP contribution is 2.33. The largest absolute Gasteiger partial charge is 0.419 e. The number of aromatic nitrogens is 2. The van der Waals surface area contributed by atoms with Gasteiger partial charge in [0.25, 0.3) is 15.7 Å². The molecule has 6 nitrogen and oxygen atoms in total. The van der Waals surface area contributed by atoms with E-state index in [-0.39, 0.29) is 10.6 Å². The number of alkyl halides is 3. The molecule has 1 N–H and O–H groups in total. The molecule has 0 aliphatic heterocycles. The van der Waals surface area contributed by atoms with Crippen LogP contribution in [0.4, 0.5) is 23.2 Å². The van der Waals surface area contributed by atoms with E-state index in [2.05, 4.69) is 10.1 Å². The van der Waals surface area contributed by atoms with Crippen LogP contribution in [-0.4, -0.2) is 18.6 Å². The molecule has 0 saturated carbocycles. The van der Waals surface area contributed by atoms with Gasteiger partial charge in [-0.25, -0.2) is 17.8 Å². The first-order chi connectivity index (χ1) is 11.6. The highest BCUT2D eigenvalue weighted by Gasteiger charge is 2.34. The van der Waals surface area contributed by atoms with Gasteiger partial charge in [-0.1, -0.05) is 5.16 Å². The molecule has 0 spiro atoms. The van der Waals surface area contributed by atoms with Crippen molar-refractivity contribution in [3.63, 3.8) is 0 Å². The minimum atomic E-state index is -4.95. The van der Waals surface area contributed by atoms with Crippen molar-refractivity contribution in [2.24, 2.45) is 0 Å². The normalized spacial score (nSPS) is 12.5. The maximum Gasteiger partial charge on any atom is 0.419 e. The van der Waals surface area contributed by atoms with Crippen molar-refractivity contribution in [1.82, 2.24) is 10.1 Å². The van der Waals surface area contributed by atoms with Crippen molar-refractivity contribution in [2.75, 3.05) is 4.72 Å². The Morgan fingerprint density at radius 1 is 1.20 bits per heavy atom. The summed E-state index contributed by atoms with van der Waals surface area (Å²) in [6, 6.07) is 3.03. The smallest absolute Gasteiger partial charge is 0.336 e. The standard InChI is InChI=1S/C14H9F4N3O3S/c1-7-10-5-9(6-19-13(10)24-20-7)25(22,23)21-8-2-3-12(15)11(4-8)14(16,17)18/h2-6,21H,1H3. The van der Waals surface area contributed by atoms with Gasteiger partial charge in [0.2, 0.25) is 0 Å². The first-order valence-electron chi connectivity index (χ1n) is 6.69. The Morgan fingerprint density at radius 3 is 2.60 bits per heavy atom. The number of anilines is 1. The lowest BCUT2D eigenvalue weighted by Crippen LogP contribution is -2.15. The number of benzene rings is 1. The Bertz CT molecular complexity index is 1060. The molecular formula is C14H9F4N3O3S. The Hall–Kier alpha value is -2.69. The third-order valence-corrected chi connectivity index (χ3v) is 4.67. The predicted molar refractivity (Wildman–Crippen MR) is 78.8 cm³/mol. The molecule has 0 atom stereocenters. The van der Waals surface area contributed by atoms with Crippen LogP contribution in [-0.2, 0) is 16.2 Å². The molecule has 3 rings (SSSR count). The molecule has 2 aromatic heterocycles. The van der Waals surface area contributed by atoms with Crippen LogP contribution < -0.4 is 4.72 Å². The Labute approximate surface area is 138 Å². The van der Waals surface area contributed by atoms with Crippen LogP contribution in [0.5, 0.6) is 0 Å². The third kappa shape index (κ3) is 3.27. The van der Waals surface area contributed by atoms with Crippen molar-refractivity contribution >= 4 is 26.8 Å². The van der Waals surface area contributed by atoms with Crippen molar-refractivity contribution in [1.29, 1.82) is 0 Å². The molecule has 0 amide bonds.